The van der Waals surface area contributed by atoms with Crippen molar-refractivity contribution in [2.75, 3.05) is 18.5 Å². The van der Waals surface area contributed by atoms with Gasteiger partial charge < -0.3 is 15.4 Å². The molecule has 1 heterocycles. The van der Waals surface area contributed by atoms with Crippen molar-refractivity contribution in [3.05, 3.63) is 78.1 Å². The standard InChI is InChI=1S/C30H38F3N5O3/c1-5-22(19-34-23-12-14-24(15-13-23)38-26(16-17-35-38)29(40)41-6-2)36-28(39)25(18-20(3)4)37-27(30(31,32)33)21-10-8-7-9-11-21/h7-17,20,22,25,27,34,37H,5-6,18-19H2,1-4H3,(H,36,39)/t22-,25-,27-/m0/s1. The molecule has 0 bridgehead atoms. The molecular weight excluding hydrogens is 535 g/mol. The fourth-order valence-electron chi connectivity index (χ4n) is 4.38. The van der Waals surface area contributed by atoms with E-state index in [2.05, 4.69) is 21.0 Å². The van der Waals surface area contributed by atoms with E-state index in [1.807, 2.05) is 32.9 Å². The number of nitrogens with one attached hydrogen (secondary N) is 3. The average molecular weight is 574 g/mol. The number of hydrogen-bond donors (Lipinski definition) is 3. The Morgan fingerprint density at radius 3 is 2.27 bits per heavy atom. The van der Waals surface area contributed by atoms with Gasteiger partial charge in [0.1, 0.15) is 6.04 Å². The molecule has 0 spiro atoms. The number of anilines is 1. The molecule has 222 valence electrons. The number of ether oxygens (including phenoxy) is 1. The van der Waals surface area contributed by atoms with Crippen LogP contribution < -0.4 is 16.0 Å². The lowest BCUT2D eigenvalue weighted by Crippen LogP contribution is -2.52. The van der Waals surface area contributed by atoms with Crippen LogP contribution in [0.1, 0.15) is 62.6 Å². The van der Waals surface area contributed by atoms with E-state index in [0.29, 0.717) is 24.3 Å². The second-order valence-electron chi connectivity index (χ2n) is 10.1. The molecular formula is C30H38F3N5O3. The minimum absolute atomic E-state index is 0.00115. The first-order chi connectivity index (χ1) is 19.5. The van der Waals surface area contributed by atoms with Gasteiger partial charge in [-0.2, -0.15) is 18.3 Å². The first kappa shape index (κ1) is 31.7. The molecule has 11 heteroatoms. The summed E-state index contributed by atoms with van der Waals surface area (Å²) in [5, 5.41) is 13.0. The fraction of sp³-hybridized carbons (Fsp3) is 0.433. The number of carbonyl (C=O) groups excluding carboxylic acids is 2. The molecule has 3 aromatic rings. The quantitative estimate of drug-likeness (QED) is 0.215. The Morgan fingerprint density at radius 2 is 1.68 bits per heavy atom. The molecule has 0 saturated heterocycles. The van der Waals surface area contributed by atoms with Gasteiger partial charge in [0, 0.05) is 18.3 Å². The molecule has 0 fully saturated rings. The van der Waals surface area contributed by atoms with E-state index in [1.54, 1.807) is 43.3 Å². The van der Waals surface area contributed by atoms with E-state index in [4.69, 9.17) is 4.74 Å². The van der Waals surface area contributed by atoms with Crippen LogP contribution in [-0.4, -0.2) is 53.1 Å². The van der Waals surface area contributed by atoms with Gasteiger partial charge in [-0.3, -0.25) is 10.1 Å². The Hall–Kier alpha value is -3.86. The molecule has 0 aliphatic carbocycles. The van der Waals surface area contributed by atoms with Crippen molar-refractivity contribution in [2.45, 2.75) is 64.8 Å². The highest BCUT2D eigenvalue weighted by Crippen LogP contribution is 2.33. The zero-order valence-electron chi connectivity index (χ0n) is 23.7. The fourth-order valence-corrected chi connectivity index (χ4v) is 4.38. The lowest BCUT2D eigenvalue weighted by Gasteiger charge is -2.29. The number of amides is 1. The largest absolute Gasteiger partial charge is 0.461 e. The number of alkyl halides is 3. The molecule has 0 unspecified atom stereocenters. The van der Waals surface area contributed by atoms with E-state index in [1.165, 1.54) is 23.0 Å². The van der Waals surface area contributed by atoms with Gasteiger partial charge in [-0.15, -0.1) is 0 Å². The van der Waals surface area contributed by atoms with Crippen molar-refractivity contribution in [1.82, 2.24) is 20.4 Å². The van der Waals surface area contributed by atoms with Gasteiger partial charge in [-0.1, -0.05) is 51.1 Å². The number of nitrogens with zero attached hydrogens (tertiary/aromatic N) is 2. The van der Waals surface area contributed by atoms with Gasteiger partial charge >= 0.3 is 12.1 Å². The second-order valence-corrected chi connectivity index (χ2v) is 10.1. The van der Waals surface area contributed by atoms with Crippen molar-refractivity contribution in [3.63, 3.8) is 0 Å². The summed E-state index contributed by atoms with van der Waals surface area (Å²) in [4.78, 5) is 25.4. The molecule has 3 atom stereocenters. The lowest BCUT2D eigenvalue weighted by molar-refractivity contribution is -0.161. The first-order valence-electron chi connectivity index (χ1n) is 13.8. The smallest absolute Gasteiger partial charge is 0.407 e. The summed E-state index contributed by atoms with van der Waals surface area (Å²) in [5.74, 6) is -0.943. The predicted octanol–water partition coefficient (Wildman–Crippen LogP) is 5.66. The normalized spacial score (nSPS) is 13.9. The van der Waals surface area contributed by atoms with Gasteiger partial charge in [0.2, 0.25) is 5.91 Å². The van der Waals surface area contributed by atoms with Crippen LogP contribution in [0.3, 0.4) is 0 Å². The third-order valence-corrected chi connectivity index (χ3v) is 6.48. The number of aromatic nitrogens is 2. The summed E-state index contributed by atoms with van der Waals surface area (Å²) in [6.07, 6.45) is -2.23. The summed E-state index contributed by atoms with van der Waals surface area (Å²) >= 11 is 0. The summed E-state index contributed by atoms with van der Waals surface area (Å²) in [5.41, 5.74) is 1.81. The number of hydrogen-bond acceptors (Lipinski definition) is 6. The minimum atomic E-state index is -4.57. The SMILES string of the molecule is CCOC(=O)c1ccnn1-c1ccc(NC[C@H](CC)NC(=O)[C@H](CC(C)C)N[C@@H](c2ccccc2)C(F)(F)F)cc1. The van der Waals surface area contributed by atoms with Crippen molar-refractivity contribution >= 4 is 17.6 Å². The Bertz CT molecular complexity index is 1250. The van der Waals surface area contributed by atoms with Crippen LogP contribution in [0.25, 0.3) is 5.69 Å². The average Bonchev–Trinajstić information content (AvgIpc) is 3.43. The number of carbonyl (C=O) groups is 2. The Balaban J connectivity index is 1.65. The molecule has 0 radical (unpaired) electrons. The van der Waals surface area contributed by atoms with E-state index >= 15 is 0 Å². The summed E-state index contributed by atoms with van der Waals surface area (Å²) < 4.78 is 48.5. The van der Waals surface area contributed by atoms with Crippen LogP contribution in [0.15, 0.2) is 66.9 Å². The summed E-state index contributed by atoms with van der Waals surface area (Å²) in [7, 11) is 0. The van der Waals surface area contributed by atoms with Crippen LogP contribution in [0.5, 0.6) is 0 Å². The number of esters is 1. The van der Waals surface area contributed by atoms with Gasteiger partial charge in [0.05, 0.1) is 24.5 Å². The van der Waals surface area contributed by atoms with E-state index in [9.17, 15) is 22.8 Å². The highest BCUT2D eigenvalue weighted by Gasteiger charge is 2.43. The van der Waals surface area contributed by atoms with Crippen LogP contribution in [0.4, 0.5) is 18.9 Å². The molecule has 0 aliphatic rings. The monoisotopic (exact) mass is 573 g/mol. The van der Waals surface area contributed by atoms with Gasteiger partial charge in [0.15, 0.2) is 5.69 Å². The molecule has 41 heavy (non-hydrogen) atoms. The van der Waals surface area contributed by atoms with Gasteiger partial charge in [-0.25, -0.2) is 9.48 Å². The van der Waals surface area contributed by atoms with Gasteiger partial charge in [-0.05, 0) is 61.6 Å². The molecule has 1 amide bonds. The first-order valence-corrected chi connectivity index (χ1v) is 13.8. The van der Waals surface area contributed by atoms with Crippen LogP contribution in [0.2, 0.25) is 0 Å². The lowest BCUT2D eigenvalue weighted by atomic mass is 9.99. The van der Waals surface area contributed by atoms with Crippen molar-refractivity contribution in [1.29, 1.82) is 0 Å². The Labute approximate surface area is 238 Å². The number of benzene rings is 2. The van der Waals surface area contributed by atoms with E-state index in [0.717, 1.165) is 5.69 Å². The summed E-state index contributed by atoms with van der Waals surface area (Å²) in [6.45, 7) is 8.00. The van der Waals surface area contributed by atoms with Crippen molar-refractivity contribution in [3.8, 4) is 5.69 Å². The molecule has 2 aromatic carbocycles. The molecule has 3 rings (SSSR count). The van der Waals surface area contributed by atoms with E-state index in [-0.39, 0.29) is 30.6 Å². The number of rotatable bonds is 14. The minimum Gasteiger partial charge on any atom is -0.461 e. The van der Waals surface area contributed by atoms with Crippen LogP contribution in [0, 0.1) is 5.92 Å². The van der Waals surface area contributed by atoms with Crippen molar-refractivity contribution in [2.24, 2.45) is 5.92 Å². The van der Waals surface area contributed by atoms with Gasteiger partial charge in [0.25, 0.3) is 0 Å². The Morgan fingerprint density at radius 1 is 1.00 bits per heavy atom. The maximum atomic E-state index is 14.0. The highest BCUT2D eigenvalue weighted by molar-refractivity contribution is 5.88. The molecule has 0 saturated carbocycles. The highest BCUT2D eigenvalue weighted by atomic mass is 19.4. The topological polar surface area (TPSA) is 97.3 Å². The molecule has 1 aromatic heterocycles. The van der Waals surface area contributed by atoms with E-state index < -0.39 is 30.1 Å². The maximum absolute atomic E-state index is 14.0. The summed E-state index contributed by atoms with van der Waals surface area (Å²) in [6, 6.07) is 13.0. The van der Waals surface area contributed by atoms with Crippen LogP contribution in [-0.2, 0) is 9.53 Å². The maximum Gasteiger partial charge on any atom is 0.407 e. The molecule has 0 aliphatic heterocycles. The van der Waals surface area contributed by atoms with Crippen molar-refractivity contribution < 1.29 is 27.5 Å². The zero-order chi connectivity index (χ0) is 30.0. The van der Waals surface area contributed by atoms with Crippen LogP contribution >= 0.6 is 0 Å². The number of halogens is 3. The second kappa shape index (κ2) is 14.7. The third-order valence-electron chi connectivity index (χ3n) is 6.48. The Kier molecular flexibility index (Phi) is 11.3. The zero-order valence-corrected chi connectivity index (χ0v) is 23.7. The third kappa shape index (κ3) is 9.07. The molecule has 3 N–H and O–H groups in total. The molecule has 8 nitrogen and oxygen atoms in total. The predicted molar refractivity (Wildman–Crippen MR) is 152 cm³/mol.